The fourth-order valence-electron chi connectivity index (χ4n) is 4.44. The summed E-state index contributed by atoms with van der Waals surface area (Å²) in [6, 6.07) is 1.74. The van der Waals surface area contributed by atoms with E-state index in [9.17, 15) is 9.59 Å². The predicted octanol–water partition coefficient (Wildman–Crippen LogP) is 2.05. The molecule has 0 radical (unpaired) electrons. The van der Waals surface area contributed by atoms with Gasteiger partial charge in [-0.1, -0.05) is 12.1 Å². The summed E-state index contributed by atoms with van der Waals surface area (Å²) < 4.78 is 5.20. The van der Waals surface area contributed by atoms with Crippen LogP contribution < -0.4 is 0 Å². The molecule has 0 bridgehead atoms. The third-order valence-electron chi connectivity index (χ3n) is 6.03. The molecule has 1 N–H and O–H groups in total. The Labute approximate surface area is 164 Å². The smallest absolute Gasteiger partial charge is 0.276 e. The van der Waals surface area contributed by atoms with Crippen LogP contribution in [0.1, 0.15) is 54.5 Å². The summed E-state index contributed by atoms with van der Waals surface area (Å²) in [5, 5.41) is 3.94. The van der Waals surface area contributed by atoms with Crippen molar-refractivity contribution in [3.63, 3.8) is 0 Å². The number of aryl methyl sites for hydroxylation is 1. The van der Waals surface area contributed by atoms with Crippen LogP contribution in [-0.4, -0.2) is 62.9 Å². The lowest BCUT2D eigenvalue weighted by atomic mass is 9.73. The van der Waals surface area contributed by atoms with Crippen LogP contribution in [-0.2, 0) is 17.6 Å². The summed E-state index contributed by atoms with van der Waals surface area (Å²) in [7, 11) is 0. The molecule has 2 aromatic rings. The van der Waals surface area contributed by atoms with Gasteiger partial charge in [0.2, 0.25) is 5.91 Å². The van der Waals surface area contributed by atoms with E-state index in [1.54, 1.807) is 18.6 Å². The van der Waals surface area contributed by atoms with Crippen LogP contribution in [0, 0.1) is 5.41 Å². The lowest BCUT2D eigenvalue weighted by Crippen LogP contribution is -2.55. The van der Waals surface area contributed by atoms with Gasteiger partial charge in [-0.15, -0.1) is 0 Å². The first-order chi connectivity index (χ1) is 13.6. The van der Waals surface area contributed by atoms with Crippen LogP contribution in [0.4, 0.5) is 0 Å². The van der Waals surface area contributed by atoms with Gasteiger partial charge in [0.05, 0.1) is 6.33 Å². The first-order valence-electron chi connectivity index (χ1n) is 10.1. The van der Waals surface area contributed by atoms with Gasteiger partial charge in [0.1, 0.15) is 5.76 Å². The largest absolute Gasteiger partial charge is 0.361 e. The fourth-order valence-corrected chi connectivity index (χ4v) is 4.44. The highest BCUT2D eigenvalue weighted by Crippen LogP contribution is 2.39. The number of amides is 2. The van der Waals surface area contributed by atoms with Crippen LogP contribution in [0.2, 0.25) is 0 Å². The maximum absolute atomic E-state index is 12.9. The number of aromatic nitrogens is 3. The molecule has 2 fully saturated rings. The second kappa shape index (κ2) is 7.77. The van der Waals surface area contributed by atoms with Gasteiger partial charge >= 0.3 is 0 Å². The number of aromatic amines is 1. The van der Waals surface area contributed by atoms with Gasteiger partial charge in [-0.25, -0.2) is 4.98 Å². The van der Waals surface area contributed by atoms with Gasteiger partial charge in [0.25, 0.3) is 5.91 Å². The summed E-state index contributed by atoms with van der Waals surface area (Å²) in [6.45, 7) is 4.77. The highest BCUT2D eigenvalue weighted by atomic mass is 16.5. The zero-order chi connectivity index (χ0) is 19.6. The number of rotatable bonds is 5. The Bertz CT molecular complexity index is 831. The van der Waals surface area contributed by atoms with Crippen molar-refractivity contribution >= 4 is 11.8 Å². The Morgan fingerprint density at radius 3 is 3.00 bits per heavy atom. The van der Waals surface area contributed by atoms with Crippen LogP contribution in [0.5, 0.6) is 0 Å². The molecule has 2 amide bonds. The molecule has 0 aromatic carbocycles. The summed E-state index contributed by atoms with van der Waals surface area (Å²) in [5.74, 6) is 0.865. The molecule has 2 aliphatic heterocycles. The second-order valence-corrected chi connectivity index (χ2v) is 8.00. The minimum absolute atomic E-state index is 0.0207. The molecular formula is C20H27N5O3. The van der Waals surface area contributed by atoms with E-state index in [0.717, 1.165) is 50.1 Å². The Hall–Kier alpha value is -2.64. The molecule has 4 rings (SSSR count). The van der Waals surface area contributed by atoms with E-state index >= 15 is 0 Å². The molecule has 2 aliphatic rings. The molecule has 8 nitrogen and oxygen atoms in total. The number of H-pyrrole nitrogens is 1. The van der Waals surface area contributed by atoms with Crippen LogP contribution >= 0.6 is 0 Å². The maximum atomic E-state index is 12.9. The van der Waals surface area contributed by atoms with Crippen molar-refractivity contribution < 1.29 is 14.1 Å². The van der Waals surface area contributed by atoms with E-state index in [2.05, 4.69) is 15.1 Å². The van der Waals surface area contributed by atoms with Gasteiger partial charge in [-0.3, -0.25) is 9.59 Å². The quantitative estimate of drug-likeness (QED) is 0.850. The van der Waals surface area contributed by atoms with Crippen molar-refractivity contribution in [2.24, 2.45) is 5.41 Å². The van der Waals surface area contributed by atoms with Gasteiger partial charge in [-0.2, -0.15) is 0 Å². The number of carbonyl (C=O) groups excluding carboxylic acids is 2. The summed E-state index contributed by atoms with van der Waals surface area (Å²) in [4.78, 5) is 36.3. The van der Waals surface area contributed by atoms with Gasteiger partial charge in [0, 0.05) is 68.8 Å². The zero-order valence-corrected chi connectivity index (χ0v) is 16.3. The van der Waals surface area contributed by atoms with E-state index in [1.807, 2.05) is 16.7 Å². The number of piperidine rings is 2. The summed E-state index contributed by atoms with van der Waals surface area (Å²) >= 11 is 0. The molecule has 150 valence electrons. The average Bonchev–Trinajstić information content (AvgIpc) is 3.40. The number of nitrogens with one attached hydrogen (secondary N) is 1. The summed E-state index contributed by atoms with van der Waals surface area (Å²) in [6.07, 6.45) is 8.34. The monoisotopic (exact) mass is 385 g/mol. The number of hydrogen-bond donors (Lipinski definition) is 1. The van der Waals surface area contributed by atoms with E-state index in [-0.39, 0.29) is 17.2 Å². The Kier molecular flexibility index (Phi) is 5.19. The molecular weight excluding hydrogens is 358 g/mol. The summed E-state index contributed by atoms with van der Waals surface area (Å²) in [5.41, 5.74) is 1.40. The minimum atomic E-state index is -0.0663. The lowest BCUT2D eigenvalue weighted by Gasteiger charge is -2.48. The van der Waals surface area contributed by atoms with Crippen molar-refractivity contribution in [1.82, 2.24) is 24.9 Å². The number of imidazole rings is 1. The standard InChI is InChI=1S/C20H27N5O3/c1-2-16-10-17(23-28-16)19(27)25-8-3-6-20(13-25)7-4-18(26)24(12-20)9-5-15-11-21-14-22-15/h10-11,14H,2-9,12-13H2,1H3,(H,21,22)/t20-/m0/s1. The van der Waals surface area contributed by atoms with Gasteiger partial charge in [-0.05, 0) is 19.3 Å². The van der Waals surface area contributed by atoms with Crippen molar-refractivity contribution in [3.8, 4) is 0 Å². The fraction of sp³-hybridized carbons (Fsp3) is 0.600. The second-order valence-electron chi connectivity index (χ2n) is 8.00. The molecule has 1 atom stereocenters. The number of nitrogens with zero attached hydrogens (tertiary/aromatic N) is 4. The Balaban J connectivity index is 1.42. The first-order valence-corrected chi connectivity index (χ1v) is 10.1. The topological polar surface area (TPSA) is 95.3 Å². The molecule has 0 saturated carbocycles. The van der Waals surface area contributed by atoms with E-state index in [0.29, 0.717) is 31.7 Å². The van der Waals surface area contributed by atoms with Crippen LogP contribution in [0.3, 0.4) is 0 Å². The van der Waals surface area contributed by atoms with E-state index < -0.39 is 0 Å². The Morgan fingerprint density at radius 2 is 2.25 bits per heavy atom. The van der Waals surface area contributed by atoms with Crippen LogP contribution in [0.25, 0.3) is 0 Å². The maximum Gasteiger partial charge on any atom is 0.276 e. The van der Waals surface area contributed by atoms with Crippen molar-refractivity contribution in [3.05, 3.63) is 35.7 Å². The number of carbonyl (C=O) groups is 2. The zero-order valence-electron chi connectivity index (χ0n) is 16.3. The highest BCUT2D eigenvalue weighted by Gasteiger charge is 2.43. The van der Waals surface area contributed by atoms with Crippen molar-refractivity contribution in [2.75, 3.05) is 26.2 Å². The molecule has 4 heterocycles. The van der Waals surface area contributed by atoms with E-state index in [1.165, 1.54) is 0 Å². The molecule has 28 heavy (non-hydrogen) atoms. The Morgan fingerprint density at radius 1 is 1.36 bits per heavy atom. The highest BCUT2D eigenvalue weighted by molar-refractivity contribution is 5.92. The first kappa shape index (κ1) is 18.7. The average molecular weight is 385 g/mol. The third-order valence-corrected chi connectivity index (χ3v) is 6.03. The molecule has 0 unspecified atom stereocenters. The normalized spacial score (nSPS) is 22.8. The predicted molar refractivity (Wildman–Crippen MR) is 102 cm³/mol. The number of likely N-dealkylation sites (tertiary alicyclic amines) is 2. The van der Waals surface area contributed by atoms with E-state index in [4.69, 9.17) is 4.52 Å². The van der Waals surface area contributed by atoms with Crippen molar-refractivity contribution in [1.29, 1.82) is 0 Å². The minimum Gasteiger partial charge on any atom is -0.361 e. The van der Waals surface area contributed by atoms with Crippen LogP contribution in [0.15, 0.2) is 23.1 Å². The molecule has 2 saturated heterocycles. The third kappa shape index (κ3) is 3.81. The van der Waals surface area contributed by atoms with Gasteiger partial charge < -0.3 is 19.3 Å². The molecule has 8 heteroatoms. The SMILES string of the molecule is CCc1cc(C(=O)N2CCC[C@@]3(CCC(=O)N(CCc4cnc[nH]4)C3)C2)no1. The van der Waals surface area contributed by atoms with Crippen molar-refractivity contribution in [2.45, 2.75) is 45.4 Å². The lowest BCUT2D eigenvalue weighted by molar-refractivity contribution is -0.138. The molecule has 0 aliphatic carbocycles. The molecule has 2 aromatic heterocycles. The van der Waals surface area contributed by atoms with Gasteiger partial charge in [0.15, 0.2) is 5.69 Å². The number of hydrogen-bond acceptors (Lipinski definition) is 5. The molecule has 1 spiro atoms.